The summed E-state index contributed by atoms with van der Waals surface area (Å²) in [5.74, 6) is -0.115. The lowest BCUT2D eigenvalue weighted by molar-refractivity contribution is -0.144. The van der Waals surface area contributed by atoms with Crippen LogP contribution < -0.4 is 0 Å². The van der Waals surface area contributed by atoms with Crippen molar-refractivity contribution in [2.45, 2.75) is 129 Å². The van der Waals surface area contributed by atoms with E-state index in [-0.39, 0.29) is 19.2 Å². The summed E-state index contributed by atoms with van der Waals surface area (Å²) in [4.78, 5) is 11.5. The molecule has 6 heteroatoms. The quantitative estimate of drug-likeness (QED) is 0.136. The molecule has 0 aliphatic rings. The number of rotatable bonds is 23. The number of esters is 1. The number of carbonyl (C=O) groups excluding carboxylic acids is 1. The normalized spacial score (nSPS) is 11.7. The van der Waals surface area contributed by atoms with Crippen LogP contribution in [0.1, 0.15) is 123 Å². The van der Waals surface area contributed by atoms with Crippen molar-refractivity contribution in [1.82, 2.24) is 0 Å². The molecular formula is C26H54O6. The fourth-order valence-electron chi connectivity index (χ4n) is 3.29. The zero-order valence-corrected chi connectivity index (χ0v) is 21.2. The van der Waals surface area contributed by atoms with Crippen LogP contribution in [0.5, 0.6) is 0 Å². The van der Waals surface area contributed by atoms with E-state index in [1.54, 1.807) is 6.92 Å². The van der Waals surface area contributed by atoms with Crippen molar-refractivity contribution in [3.8, 4) is 0 Å². The zero-order chi connectivity index (χ0) is 24.1. The Morgan fingerprint density at radius 1 is 0.688 bits per heavy atom. The molecule has 0 saturated carbocycles. The third kappa shape index (κ3) is 33.9. The molecule has 1 unspecified atom stereocenters. The third-order valence-electron chi connectivity index (χ3n) is 5.25. The molecule has 0 aromatic carbocycles. The molecule has 6 nitrogen and oxygen atoms in total. The summed E-state index contributed by atoms with van der Waals surface area (Å²) in [7, 11) is 0. The molecule has 0 aromatic rings. The topological polar surface area (TPSA) is 96.2 Å². The van der Waals surface area contributed by atoms with Crippen molar-refractivity contribution in [3.05, 3.63) is 0 Å². The molecular weight excluding hydrogens is 408 g/mol. The summed E-state index contributed by atoms with van der Waals surface area (Å²) >= 11 is 0. The van der Waals surface area contributed by atoms with Gasteiger partial charge in [-0.15, -0.1) is 0 Å². The average molecular weight is 463 g/mol. The minimum Gasteiger partial charge on any atom is -0.466 e. The van der Waals surface area contributed by atoms with Crippen LogP contribution in [0.4, 0.5) is 0 Å². The maximum absolute atomic E-state index is 11.5. The standard InChI is InChI=1S/C22H44O3.C4H10O3/c1-3-4-5-6-7-8-9-10-11-12-13-14-15-16-17-18-22(24)25-20-19-21(2)23;5-1-3-7-4-2-6/h21,23H,3-20H2,1-2H3;5-6H,1-4H2. The second-order valence-electron chi connectivity index (χ2n) is 8.62. The Morgan fingerprint density at radius 3 is 1.47 bits per heavy atom. The molecule has 0 fully saturated rings. The Balaban J connectivity index is 0. The van der Waals surface area contributed by atoms with Gasteiger partial charge in [-0.3, -0.25) is 4.79 Å². The highest BCUT2D eigenvalue weighted by atomic mass is 16.5. The number of hydrogen-bond acceptors (Lipinski definition) is 6. The van der Waals surface area contributed by atoms with Crippen LogP contribution in [-0.4, -0.2) is 60.4 Å². The van der Waals surface area contributed by atoms with Gasteiger partial charge in [0.2, 0.25) is 0 Å². The molecule has 0 heterocycles. The number of unbranched alkanes of at least 4 members (excludes halogenated alkanes) is 14. The van der Waals surface area contributed by atoms with E-state index in [9.17, 15) is 4.79 Å². The fourth-order valence-corrected chi connectivity index (χ4v) is 3.29. The Bertz CT molecular complexity index is 345. The molecule has 0 saturated heterocycles. The van der Waals surface area contributed by atoms with Crippen LogP contribution in [-0.2, 0) is 14.3 Å². The van der Waals surface area contributed by atoms with Gasteiger partial charge in [0.15, 0.2) is 0 Å². The van der Waals surface area contributed by atoms with Crippen LogP contribution in [0.25, 0.3) is 0 Å². The second kappa shape index (κ2) is 30.3. The van der Waals surface area contributed by atoms with Crippen LogP contribution in [0.3, 0.4) is 0 Å². The van der Waals surface area contributed by atoms with Crippen molar-refractivity contribution in [2.75, 3.05) is 33.0 Å². The first-order valence-corrected chi connectivity index (χ1v) is 13.2. The molecule has 0 aromatic heterocycles. The summed E-state index contributed by atoms with van der Waals surface area (Å²) in [5, 5.41) is 25.3. The number of ether oxygens (including phenoxy) is 2. The van der Waals surface area contributed by atoms with Gasteiger partial charge in [-0.1, -0.05) is 96.8 Å². The molecule has 1 atom stereocenters. The number of hydrogen-bond donors (Lipinski definition) is 3. The number of aliphatic hydroxyl groups is 3. The summed E-state index contributed by atoms with van der Waals surface area (Å²) in [6, 6.07) is 0. The lowest BCUT2D eigenvalue weighted by Crippen LogP contribution is -2.10. The van der Waals surface area contributed by atoms with E-state index in [1.165, 1.54) is 83.5 Å². The van der Waals surface area contributed by atoms with Crippen LogP contribution in [0.2, 0.25) is 0 Å². The predicted molar refractivity (Wildman–Crippen MR) is 132 cm³/mol. The monoisotopic (exact) mass is 462 g/mol. The van der Waals surface area contributed by atoms with Crippen molar-refractivity contribution in [1.29, 1.82) is 0 Å². The van der Waals surface area contributed by atoms with Gasteiger partial charge < -0.3 is 24.8 Å². The van der Waals surface area contributed by atoms with Gasteiger partial charge in [0.25, 0.3) is 0 Å². The van der Waals surface area contributed by atoms with E-state index in [4.69, 9.17) is 20.1 Å². The molecule has 0 amide bonds. The minimum atomic E-state index is -0.390. The van der Waals surface area contributed by atoms with Gasteiger partial charge in [-0.25, -0.2) is 0 Å². The van der Waals surface area contributed by atoms with Crippen molar-refractivity contribution in [3.63, 3.8) is 0 Å². The summed E-state index contributed by atoms with van der Waals surface area (Å²) in [5.41, 5.74) is 0. The number of carbonyl (C=O) groups is 1. The zero-order valence-electron chi connectivity index (χ0n) is 21.2. The van der Waals surface area contributed by atoms with Gasteiger partial charge >= 0.3 is 5.97 Å². The van der Waals surface area contributed by atoms with E-state index in [1.807, 2.05) is 0 Å². The van der Waals surface area contributed by atoms with Gasteiger partial charge in [0.05, 0.1) is 39.1 Å². The summed E-state index contributed by atoms with van der Waals surface area (Å²) in [6.07, 6.45) is 20.7. The maximum Gasteiger partial charge on any atom is 0.305 e. The molecule has 0 radical (unpaired) electrons. The molecule has 0 spiro atoms. The van der Waals surface area contributed by atoms with E-state index in [0.29, 0.717) is 32.7 Å². The van der Waals surface area contributed by atoms with Gasteiger partial charge in [-0.2, -0.15) is 0 Å². The van der Waals surface area contributed by atoms with Crippen molar-refractivity contribution in [2.24, 2.45) is 0 Å². The molecule has 0 aliphatic heterocycles. The molecule has 194 valence electrons. The average Bonchev–Trinajstić information content (AvgIpc) is 2.77. The second-order valence-corrected chi connectivity index (χ2v) is 8.62. The largest absolute Gasteiger partial charge is 0.466 e. The lowest BCUT2D eigenvalue weighted by atomic mass is 10.0. The van der Waals surface area contributed by atoms with Crippen molar-refractivity contribution < 1.29 is 29.6 Å². The first kappa shape index (κ1) is 33.5. The summed E-state index contributed by atoms with van der Waals surface area (Å²) in [6.45, 7) is 5.02. The van der Waals surface area contributed by atoms with Crippen molar-refractivity contribution >= 4 is 5.97 Å². The summed E-state index contributed by atoms with van der Waals surface area (Å²) < 4.78 is 9.70. The first-order chi connectivity index (χ1) is 15.6. The predicted octanol–water partition coefficient (Wildman–Crippen LogP) is 5.55. The third-order valence-corrected chi connectivity index (χ3v) is 5.25. The highest BCUT2D eigenvalue weighted by Gasteiger charge is 2.03. The highest BCUT2D eigenvalue weighted by Crippen LogP contribution is 2.13. The smallest absolute Gasteiger partial charge is 0.305 e. The van der Waals surface area contributed by atoms with Crippen LogP contribution in [0.15, 0.2) is 0 Å². The van der Waals surface area contributed by atoms with Crippen LogP contribution in [0, 0.1) is 0 Å². The SMILES string of the molecule is CCCCCCCCCCCCCCCCCC(=O)OCCC(C)O.OCCOCCO. The Labute approximate surface area is 198 Å². The Kier molecular flexibility index (Phi) is 31.7. The molecule has 0 aliphatic carbocycles. The highest BCUT2D eigenvalue weighted by molar-refractivity contribution is 5.69. The number of aliphatic hydroxyl groups excluding tert-OH is 3. The molecule has 0 bridgehead atoms. The molecule has 32 heavy (non-hydrogen) atoms. The molecule has 0 rings (SSSR count). The van der Waals surface area contributed by atoms with Gasteiger partial charge in [-0.05, 0) is 13.3 Å². The first-order valence-electron chi connectivity index (χ1n) is 13.2. The molecule has 3 N–H and O–H groups in total. The van der Waals surface area contributed by atoms with Gasteiger partial charge in [0.1, 0.15) is 0 Å². The van der Waals surface area contributed by atoms with Gasteiger partial charge in [0, 0.05) is 12.8 Å². The minimum absolute atomic E-state index is 0.0278. The van der Waals surface area contributed by atoms with E-state index in [0.717, 1.165) is 12.8 Å². The maximum atomic E-state index is 11.5. The fraction of sp³-hybridized carbons (Fsp3) is 0.962. The van der Waals surface area contributed by atoms with E-state index < -0.39 is 6.10 Å². The Hall–Kier alpha value is -0.690. The van der Waals surface area contributed by atoms with Crippen LogP contribution >= 0.6 is 0 Å². The van der Waals surface area contributed by atoms with E-state index >= 15 is 0 Å². The van der Waals surface area contributed by atoms with E-state index in [2.05, 4.69) is 11.7 Å². The Morgan fingerprint density at radius 2 is 1.09 bits per heavy atom. The lowest BCUT2D eigenvalue weighted by Gasteiger charge is -2.06.